The molecule has 0 aliphatic rings. The number of aryl methyl sites for hydroxylation is 1. The fraction of sp³-hybridized carbons (Fsp3) is 0.462. The van der Waals surface area contributed by atoms with Gasteiger partial charge in [-0.15, -0.1) is 0 Å². The van der Waals surface area contributed by atoms with Crippen LogP contribution in [0.15, 0.2) is 18.2 Å². The van der Waals surface area contributed by atoms with E-state index in [0.29, 0.717) is 17.3 Å². The molecule has 0 aliphatic carbocycles. The summed E-state index contributed by atoms with van der Waals surface area (Å²) in [7, 11) is 1.79. The van der Waals surface area contributed by atoms with Crippen molar-refractivity contribution in [2.75, 3.05) is 25.5 Å². The number of aliphatic hydroxyl groups is 1. The van der Waals surface area contributed by atoms with E-state index in [2.05, 4.69) is 5.32 Å². The van der Waals surface area contributed by atoms with Crippen LogP contribution >= 0.6 is 11.6 Å². The van der Waals surface area contributed by atoms with Crippen LogP contribution in [0.2, 0.25) is 5.02 Å². The van der Waals surface area contributed by atoms with Gasteiger partial charge in [-0.25, -0.2) is 0 Å². The highest BCUT2D eigenvalue weighted by molar-refractivity contribution is 6.31. The summed E-state index contributed by atoms with van der Waals surface area (Å²) in [6, 6.07) is 5.40. The Morgan fingerprint density at radius 2 is 2.22 bits per heavy atom. The summed E-state index contributed by atoms with van der Waals surface area (Å²) in [5, 5.41) is 12.6. The molecule has 0 saturated heterocycles. The minimum atomic E-state index is -0.448. The maximum Gasteiger partial charge on any atom is 0.238 e. The standard InChI is InChI=1S/C13H19ClN2O2/c1-9-4-5-11(6-12(9)14)15-13(18)8-16(3)7-10(2)17/h4-6,10,17H,7-8H2,1-3H3,(H,15,18). The Hall–Kier alpha value is -1.10. The summed E-state index contributed by atoms with van der Waals surface area (Å²) in [6.07, 6.45) is -0.448. The third kappa shape index (κ3) is 5.04. The summed E-state index contributed by atoms with van der Waals surface area (Å²) in [5.74, 6) is -0.127. The van der Waals surface area contributed by atoms with E-state index in [4.69, 9.17) is 11.6 Å². The number of rotatable bonds is 5. The molecular weight excluding hydrogens is 252 g/mol. The largest absolute Gasteiger partial charge is 0.392 e. The van der Waals surface area contributed by atoms with Crippen molar-refractivity contribution in [2.24, 2.45) is 0 Å². The minimum Gasteiger partial charge on any atom is -0.392 e. The molecule has 5 heteroatoms. The average Bonchev–Trinajstić information content (AvgIpc) is 2.21. The van der Waals surface area contributed by atoms with Gasteiger partial charge in [0.25, 0.3) is 0 Å². The van der Waals surface area contributed by atoms with Crippen LogP contribution in [0.3, 0.4) is 0 Å². The van der Waals surface area contributed by atoms with Crippen LogP contribution in [-0.4, -0.2) is 42.2 Å². The lowest BCUT2D eigenvalue weighted by Crippen LogP contribution is -2.34. The van der Waals surface area contributed by atoms with Gasteiger partial charge < -0.3 is 10.4 Å². The van der Waals surface area contributed by atoms with Crippen molar-refractivity contribution in [2.45, 2.75) is 20.0 Å². The number of carbonyl (C=O) groups excluding carboxylic acids is 1. The fourth-order valence-electron chi connectivity index (χ4n) is 1.63. The number of amides is 1. The zero-order valence-corrected chi connectivity index (χ0v) is 11.7. The monoisotopic (exact) mass is 270 g/mol. The van der Waals surface area contributed by atoms with E-state index in [1.807, 2.05) is 19.1 Å². The zero-order chi connectivity index (χ0) is 13.7. The maximum absolute atomic E-state index is 11.7. The lowest BCUT2D eigenvalue weighted by Gasteiger charge is -2.17. The third-order valence-electron chi connectivity index (χ3n) is 2.45. The van der Waals surface area contributed by atoms with Gasteiger partial charge in [0.2, 0.25) is 5.91 Å². The molecule has 0 radical (unpaired) electrons. The molecule has 1 aromatic rings. The number of hydrogen-bond acceptors (Lipinski definition) is 3. The Morgan fingerprint density at radius 1 is 1.56 bits per heavy atom. The van der Waals surface area contributed by atoms with Crippen LogP contribution in [0.25, 0.3) is 0 Å². The van der Waals surface area contributed by atoms with Gasteiger partial charge in [-0.2, -0.15) is 0 Å². The molecule has 0 saturated carbocycles. The second kappa shape index (κ2) is 6.73. The molecule has 1 unspecified atom stereocenters. The lowest BCUT2D eigenvalue weighted by molar-refractivity contribution is -0.117. The van der Waals surface area contributed by atoms with Crippen molar-refractivity contribution in [1.29, 1.82) is 0 Å². The van der Waals surface area contributed by atoms with E-state index in [1.165, 1.54) is 0 Å². The first kappa shape index (κ1) is 15.0. The molecular formula is C13H19ClN2O2. The molecule has 1 aromatic carbocycles. The maximum atomic E-state index is 11.7. The van der Waals surface area contributed by atoms with Crippen molar-refractivity contribution in [3.05, 3.63) is 28.8 Å². The van der Waals surface area contributed by atoms with Crippen LogP contribution in [-0.2, 0) is 4.79 Å². The highest BCUT2D eigenvalue weighted by atomic mass is 35.5. The normalized spacial score (nSPS) is 12.6. The zero-order valence-electron chi connectivity index (χ0n) is 10.9. The Balaban J connectivity index is 2.51. The minimum absolute atomic E-state index is 0.127. The molecule has 4 nitrogen and oxygen atoms in total. The van der Waals surface area contributed by atoms with Crippen molar-refractivity contribution < 1.29 is 9.90 Å². The molecule has 0 aromatic heterocycles. The molecule has 1 rings (SSSR count). The molecule has 0 fully saturated rings. The van der Waals surface area contributed by atoms with Gasteiger partial charge in [0.15, 0.2) is 0 Å². The molecule has 100 valence electrons. The Morgan fingerprint density at radius 3 is 2.78 bits per heavy atom. The van der Waals surface area contributed by atoms with Gasteiger partial charge in [-0.3, -0.25) is 9.69 Å². The lowest BCUT2D eigenvalue weighted by atomic mass is 10.2. The molecule has 18 heavy (non-hydrogen) atoms. The first-order chi connectivity index (χ1) is 8.38. The SMILES string of the molecule is Cc1ccc(NC(=O)CN(C)CC(C)O)cc1Cl. The number of halogens is 1. The molecule has 1 amide bonds. The summed E-state index contributed by atoms with van der Waals surface area (Å²) in [6.45, 7) is 4.29. The number of anilines is 1. The molecule has 0 aliphatic heterocycles. The number of aliphatic hydroxyl groups excluding tert-OH is 1. The van der Waals surface area contributed by atoms with Crippen molar-refractivity contribution >= 4 is 23.2 Å². The van der Waals surface area contributed by atoms with Gasteiger partial charge in [-0.05, 0) is 38.6 Å². The van der Waals surface area contributed by atoms with Gasteiger partial charge in [0.1, 0.15) is 0 Å². The summed E-state index contributed by atoms with van der Waals surface area (Å²) in [5.41, 5.74) is 1.65. The molecule has 0 heterocycles. The summed E-state index contributed by atoms with van der Waals surface area (Å²) >= 11 is 5.98. The molecule has 1 atom stereocenters. The highest BCUT2D eigenvalue weighted by Gasteiger charge is 2.09. The van der Waals surface area contributed by atoms with Gasteiger partial charge in [0, 0.05) is 17.3 Å². The fourth-order valence-corrected chi connectivity index (χ4v) is 1.81. The number of likely N-dealkylation sites (N-methyl/N-ethyl adjacent to an activating group) is 1. The Bertz CT molecular complexity index is 421. The Labute approximate surface area is 113 Å². The number of hydrogen-bond donors (Lipinski definition) is 2. The molecule has 0 bridgehead atoms. The summed E-state index contributed by atoms with van der Waals surface area (Å²) in [4.78, 5) is 13.5. The van der Waals surface area contributed by atoms with Crippen molar-refractivity contribution in [3.8, 4) is 0 Å². The van der Waals surface area contributed by atoms with E-state index in [-0.39, 0.29) is 12.5 Å². The number of carbonyl (C=O) groups is 1. The van der Waals surface area contributed by atoms with Gasteiger partial charge >= 0.3 is 0 Å². The van der Waals surface area contributed by atoms with E-state index in [1.54, 1.807) is 24.9 Å². The first-order valence-electron chi connectivity index (χ1n) is 5.81. The highest BCUT2D eigenvalue weighted by Crippen LogP contribution is 2.19. The number of nitrogens with one attached hydrogen (secondary N) is 1. The van der Waals surface area contributed by atoms with Crippen LogP contribution < -0.4 is 5.32 Å². The van der Waals surface area contributed by atoms with Crippen LogP contribution in [0.4, 0.5) is 5.69 Å². The number of nitrogens with zero attached hydrogens (tertiary/aromatic N) is 1. The van der Waals surface area contributed by atoms with Crippen LogP contribution in [0, 0.1) is 6.92 Å². The molecule has 0 spiro atoms. The van der Waals surface area contributed by atoms with Crippen LogP contribution in [0.5, 0.6) is 0 Å². The predicted molar refractivity (Wildman–Crippen MR) is 74.0 cm³/mol. The van der Waals surface area contributed by atoms with Gasteiger partial charge in [0.05, 0.1) is 12.6 Å². The first-order valence-corrected chi connectivity index (χ1v) is 6.19. The van der Waals surface area contributed by atoms with Gasteiger partial charge in [-0.1, -0.05) is 17.7 Å². The smallest absolute Gasteiger partial charge is 0.238 e. The number of benzene rings is 1. The van der Waals surface area contributed by atoms with E-state index < -0.39 is 6.10 Å². The van der Waals surface area contributed by atoms with E-state index >= 15 is 0 Å². The molecule has 2 N–H and O–H groups in total. The third-order valence-corrected chi connectivity index (χ3v) is 2.85. The van der Waals surface area contributed by atoms with Crippen LogP contribution in [0.1, 0.15) is 12.5 Å². The topological polar surface area (TPSA) is 52.6 Å². The van der Waals surface area contributed by atoms with E-state index in [9.17, 15) is 9.90 Å². The van der Waals surface area contributed by atoms with Crippen molar-refractivity contribution in [3.63, 3.8) is 0 Å². The van der Waals surface area contributed by atoms with Crippen molar-refractivity contribution in [1.82, 2.24) is 4.90 Å². The summed E-state index contributed by atoms with van der Waals surface area (Å²) < 4.78 is 0. The second-order valence-electron chi connectivity index (χ2n) is 4.56. The predicted octanol–water partition coefficient (Wildman–Crippen LogP) is 1.90. The second-order valence-corrected chi connectivity index (χ2v) is 4.97. The Kier molecular flexibility index (Phi) is 5.59. The van der Waals surface area contributed by atoms with E-state index in [0.717, 1.165) is 5.56 Å². The quantitative estimate of drug-likeness (QED) is 0.859. The average molecular weight is 271 g/mol.